The Labute approximate surface area is 173 Å². The number of aromatic nitrogens is 1. The van der Waals surface area contributed by atoms with Gasteiger partial charge in [0.25, 0.3) is 11.5 Å². The first-order chi connectivity index (χ1) is 14.6. The summed E-state index contributed by atoms with van der Waals surface area (Å²) < 4.78 is 13.9. The molecule has 2 aliphatic heterocycles. The molecule has 0 bridgehead atoms. The Hall–Kier alpha value is -3.25. The maximum Gasteiger partial charge on any atom is 0.261 e. The highest BCUT2D eigenvalue weighted by Crippen LogP contribution is 2.43. The summed E-state index contributed by atoms with van der Waals surface area (Å²) in [6.07, 6.45) is 0. The lowest BCUT2D eigenvalue weighted by Crippen LogP contribution is -2.37. The maximum atomic E-state index is 13.9. The number of nitrogens with zero attached hydrogens (tertiary/aromatic N) is 1. The molecule has 0 aliphatic carbocycles. The summed E-state index contributed by atoms with van der Waals surface area (Å²) in [6, 6.07) is 19.0. The number of nitrogens with one attached hydrogen (secondary N) is 2. The van der Waals surface area contributed by atoms with E-state index in [0.717, 1.165) is 24.2 Å². The number of rotatable bonds is 3. The average Bonchev–Trinajstić information content (AvgIpc) is 3.35. The van der Waals surface area contributed by atoms with E-state index in [1.807, 2.05) is 36.4 Å². The van der Waals surface area contributed by atoms with Crippen LogP contribution in [0, 0.1) is 17.7 Å². The highest BCUT2D eigenvalue weighted by atomic mass is 19.1. The van der Waals surface area contributed by atoms with E-state index in [1.54, 1.807) is 23.1 Å². The highest BCUT2D eigenvalue weighted by molar-refractivity contribution is 5.94. The number of pyridine rings is 1. The van der Waals surface area contributed by atoms with Crippen LogP contribution in [-0.4, -0.2) is 35.4 Å². The SMILES string of the molecule is O=C(c1ccc(-c2ccccc2)[nH]c1=O)N1C[C@@H]2CNC[C@@H]2[C@H]1c1cccc(F)c1. The maximum absolute atomic E-state index is 13.9. The summed E-state index contributed by atoms with van der Waals surface area (Å²) in [7, 11) is 0. The van der Waals surface area contributed by atoms with Crippen molar-refractivity contribution in [1.82, 2.24) is 15.2 Å². The Balaban J connectivity index is 1.49. The molecule has 0 saturated carbocycles. The van der Waals surface area contributed by atoms with Crippen LogP contribution in [0.4, 0.5) is 4.39 Å². The number of fused-ring (bicyclic) bond motifs is 1. The monoisotopic (exact) mass is 403 g/mol. The van der Waals surface area contributed by atoms with Gasteiger partial charge in [-0.3, -0.25) is 9.59 Å². The molecule has 3 aromatic rings. The van der Waals surface area contributed by atoms with Gasteiger partial charge >= 0.3 is 0 Å². The predicted molar refractivity (Wildman–Crippen MR) is 113 cm³/mol. The van der Waals surface area contributed by atoms with Crippen LogP contribution in [0.25, 0.3) is 11.3 Å². The molecule has 2 N–H and O–H groups in total. The van der Waals surface area contributed by atoms with E-state index in [9.17, 15) is 14.0 Å². The second kappa shape index (κ2) is 7.54. The number of hydrogen-bond acceptors (Lipinski definition) is 3. The van der Waals surface area contributed by atoms with Crippen molar-refractivity contribution in [2.75, 3.05) is 19.6 Å². The molecule has 1 amide bonds. The zero-order valence-electron chi connectivity index (χ0n) is 16.3. The van der Waals surface area contributed by atoms with Gasteiger partial charge in [-0.2, -0.15) is 0 Å². The van der Waals surface area contributed by atoms with E-state index in [2.05, 4.69) is 10.3 Å². The zero-order chi connectivity index (χ0) is 20.7. The molecule has 2 aliphatic rings. The number of benzene rings is 2. The van der Waals surface area contributed by atoms with E-state index in [1.165, 1.54) is 12.1 Å². The molecule has 152 valence electrons. The average molecular weight is 403 g/mol. The van der Waals surface area contributed by atoms with Crippen molar-refractivity contribution < 1.29 is 9.18 Å². The molecular formula is C24H22FN3O2. The van der Waals surface area contributed by atoms with Crippen molar-refractivity contribution in [3.05, 3.63) is 94.0 Å². The molecule has 2 fully saturated rings. The summed E-state index contributed by atoms with van der Waals surface area (Å²) in [6.45, 7) is 2.15. The van der Waals surface area contributed by atoms with Gasteiger partial charge in [0.05, 0.1) is 6.04 Å². The van der Waals surface area contributed by atoms with Crippen LogP contribution in [0.5, 0.6) is 0 Å². The normalized spacial score (nSPS) is 22.8. The van der Waals surface area contributed by atoms with Crippen molar-refractivity contribution in [3.63, 3.8) is 0 Å². The number of halogens is 1. The largest absolute Gasteiger partial charge is 0.331 e. The lowest BCUT2D eigenvalue weighted by molar-refractivity contribution is 0.0712. The molecule has 2 saturated heterocycles. The lowest BCUT2D eigenvalue weighted by Gasteiger charge is -2.28. The Morgan fingerprint density at radius 1 is 1.00 bits per heavy atom. The molecule has 3 atom stereocenters. The molecule has 3 heterocycles. The minimum Gasteiger partial charge on any atom is -0.331 e. The van der Waals surface area contributed by atoms with Gasteiger partial charge in [-0.25, -0.2) is 4.39 Å². The van der Waals surface area contributed by atoms with Crippen molar-refractivity contribution in [2.24, 2.45) is 11.8 Å². The van der Waals surface area contributed by atoms with Crippen molar-refractivity contribution in [1.29, 1.82) is 0 Å². The van der Waals surface area contributed by atoms with Crippen LogP contribution in [0.1, 0.15) is 22.0 Å². The Morgan fingerprint density at radius 3 is 2.60 bits per heavy atom. The summed E-state index contributed by atoms with van der Waals surface area (Å²) >= 11 is 0. The second-order valence-corrected chi connectivity index (χ2v) is 8.02. The standard InChI is InChI=1S/C24H22FN3O2/c25-18-8-4-7-16(11-18)22-20-13-26-12-17(20)14-28(22)24(30)19-9-10-21(27-23(19)29)15-5-2-1-3-6-15/h1-11,17,20,22,26H,12-14H2,(H,27,29)/t17-,20-,22+/m0/s1. The fourth-order valence-corrected chi connectivity index (χ4v) is 4.83. The second-order valence-electron chi connectivity index (χ2n) is 8.02. The molecule has 30 heavy (non-hydrogen) atoms. The van der Waals surface area contributed by atoms with Gasteiger partial charge in [-0.1, -0.05) is 42.5 Å². The topological polar surface area (TPSA) is 65.2 Å². The van der Waals surface area contributed by atoms with Gasteiger partial charge < -0.3 is 15.2 Å². The van der Waals surface area contributed by atoms with Crippen molar-refractivity contribution in [2.45, 2.75) is 6.04 Å². The van der Waals surface area contributed by atoms with E-state index < -0.39 is 5.56 Å². The quantitative estimate of drug-likeness (QED) is 0.706. The third-order valence-electron chi connectivity index (χ3n) is 6.24. The third kappa shape index (κ3) is 3.23. The van der Waals surface area contributed by atoms with Gasteiger partial charge in [0.2, 0.25) is 0 Å². The first-order valence-corrected chi connectivity index (χ1v) is 10.2. The van der Waals surface area contributed by atoms with Gasteiger partial charge in [0.15, 0.2) is 0 Å². The minimum absolute atomic E-state index is 0.115. The Morgan fingerprint density at radius 2 is 1.83 bits per heavy atom. The molecular weight excluding hydrogens is 381 g/mol. The molecule has 0 spiro atoms. The summed E-state index contributed by atoms with van der Waals surface area (Å²) in [5.74, 6) is -0.123. The van der Waals surface area contributed by atoms with Crippen LogP contribution >= 0.6 is 0 Å². The fourth-order valence-electron chi connectivity index (χ4n) is 4.83. The van der Waals surface area contributed by atoms with Gasteiger partial charge in [-0.15, -0.1) is 0 Å². The number of likely N-dealkylation sites (tertiary alicyclic amines) is 1. The zero-order valence-corrected chi connectivity index (χ0v) is 16.3. The van der Waals surface area contributed by atoms with Crippen LogP contribution in [0.15, 0.2) is 71.5 Å². The van der Waals surface area contributed by atoms with E-state index in [-0.39, 0.29) is 29.2 Å². The number of carbonyl (C=O) groups is 1. The van der Waals surface area contributed by atoms with Crippen LogP contribution in [-0.2, 0) is 0 Å². The van der Waals surface area contributed by atoms with Gasteiger partial charge in [0, 0.05) is 31.2 Å². The van der Waals surface area contributed by atoms with Gasteiger partial charge in [0.1, 0.15) is 11.4 Å². The molecule has 6 heteroatoms. The predicted octanol–water partition coefficient (Wildman–Crippen LogP) is 3.21. The molecule has 0 radical (unpaired) electrons. The van der Waals surface area contributed by atoms with E-state index in [0.29, 0.717) is 18.2 Å². The molecule has 1 aromatic heterocycles. The highest BCUT2D eigenvalue weighted by Gasteiger charge is 2.47. The first kappa shape index (κ1) is 18.8. The molecule has 2 aromatic carbocycles. The van der Waals surface area contributed by atoms with Crippen LogP contribution in [0.3, 0.4) is 0 Å². The fraction of sp³-hybridized carbons (Fsp3) is 0.250. The van der Waals surface area contributed by atoms with E-state index >= 15 is 0 Å². The summed E-state index contributed by atoms with van der Waals surface area (Å²) in [5, 5.41) is 3.38. The van der Waals surface area contributed by atoms with Crippen molar-refractivity contribution in [3.8, 4) is 11.3 Å². The number of amides is 1. The number of aromatic amines is 1. The number of H-pyrrole nitrogens is 1. The lowest BCUT2D eigenvalue weighted by atomic mass is 9.89. The summed E-state index contributed by atoms with van der Waals surface area (Å²) in [4.78, 5) is 30.8. The Kier molecular flexibility index (Phi) is 4.71. The number of carbonyl (C=O) groups excluding carboxylic acids is 1. The van der Waals surface area contributed by atoms with Gasteiger partial charge in [-0.05, 0) is 41.3 Å². The molecule has 5 nitrogen and oxygen atoms in total. The van der Waals surface area contributed by atoms with E-state index in [4.69, 9.17) is 0 Å². The van der Waals surface area contributed by atoms with Crippen molar-refractivity contribution >= 4 is 5.91 Å². The molecule has 5 rings (SSSR count). The smallest absolute Gasteiger partial charge is 0.261 e. The first-order valence-electron chi connectivity index (χ1n) is 10.2. The molecule has 0 unspecified atom stereocenters. The Bertz CT molecular complexity index is 1140. The minimum atomic E-state index is -0.408. The number of hydrogen-bond donors (Lipinski definition) is 2. The summed E-state index contributed by atoms with van der Waals surface area (Å²) in [5.41, 5.74) is 2.03. The van der Waals surface area contributed by atoms with Crippen LogP contribution in [0.2, 0.25) is 0 Å². The van der Waals surface area contributed by atoms with Crippen LogP contribution < -0.4 is 10.9 Å². The third-order valence-corrected chi connectivity index (χ3v) is 6.24.